The zero-order valence-electron chi connectivity index (χ0n) is 21.1. The normalized spacial score (nSPS) is 11.4. The fraction of sp³-hybridized carbons (Fsp3) is 0.370. The number of hydrogen-bond acceptors (Lipinski definition) is 3. The lowest BCUT2D eigenvalue weighted by molar-refractivity contribution is -0.116. The molecule has 0 fully saturated rings. The summed E-state index contributed by atoms with van der Waals surface area (Å²) in [5, 5.41) is 8.47. The van der Waals surface area contributed by atoms with Crippen molar-refractivity contribution in [3.05, 3.63) is 74.9 Å². The van der Waals surface area contributed by atoms with Crippen LogP contribution in [-0.2, 0) is 10.2 Å². The molecule has 0 aliphatic rings. The van der Waals surface area contributed by atoms with Gasteiger partial charge in [-0.2, -0.15) is 5.10 Å². The first kappa shape index (κ1) is 26.8. The second kappa shape index (κ2) is 10.8. The Morgan fingerprint density at radius 2 is 1.77 bits per heavy atom. The molecule has 3 rings (SSSR count). The summed E-state index contributed by atoms with van der Waals surface area (Å²) in [5.41, 5.74) is 4.14. The molecule has 2 aromatic carbocycles. The van der Waals surface area contributed by atoms with Gasteiger partial charge in [-0.15, -0.1) is 0 Å². The number of anilines is 1. The lowest BCUT2D eigenvalue weighted by atomic mass is 9.92. The van der Waals surface area contributed by atoms with E-state index in [1.165, 1.54) is 11.0 Å². The number of halogens is 2. The predicted octanol–water partition coefficient (Wildman–Crippen LogP) is 6.58. The number of benzene rings is 2. The maximum atomic E-state index is 13.2. The molecule has 0 saturated heterocycles. The van der Waals surface area contributed by atoms with E-state index in [0.29, 0.717) is 34.4 Å². The summed E-state index contributed by atoms with van der Waals surface area (Å²) in [6.07, 6.45) is 0.703. The molecule has 35 heavy (non-hydrogen) atoms. The summed E-state index contributed by atoms with van der Waals surface area (Å²) in [6, 6.07) is 12.6. The monoisotopic (exact) mass is 514 g/mol. The highest BCUT2D eigenvalue weighted by molar-refractivity contribution is 6.42. The van der Waals surface area contributed by atoms with Crippen molar-refractivity contribution in [2.75, 3.05) is 18.4 Å². The van der Waals surface area contributed by atoms with Crippen molar-refractivity contribution >= 4 is 40.8 Å². The van der Waals surface area contributed by atoms with Crippen LogP contribution in [0.25, 0.3) is 5.69 Å². The Morgan fingerprint density at radius 3 is 2.40 bits per heavy atom. The van der Waals surface area contributed by atoms with Gasteiger partial charge >= 0.3 is 0 Å². The second-order valence-electron chi connectivity index (χ2n) is 9.70. The van der Waals surface area contributed by atoms with Gasteiger partial charge in [0.05, 0.1) is 21.4 Å². The highest BCUT2D eigenvalue weighted by atomic mass is 35.5. The zero-order valence-corrected chi connectivity index (χ0v) is 22.6. The Balaban J connectivity index is 1.90. The first-order valence-corrected chi connectivity index (χ1v) is 12.4. The summed E-state index contributed by atoms with van der Waals surface area (Å²) in [7, 11) is 0. The van der Waals surface area contributed by atoms with Crippen molar-refractivity contribution in [1.29, 1.82) is 0 Å². The van der Waals surface area contributed by atoms with Gasteiger partial charge in [-0.25, -0.2) is 4.68 Å². The lowest BCUT2D eigenvalue weighted by Gasteiger charge is -2.22. The average Bonchev–Trinajstić information content (AvgIpc) is 3.20. The van der Waals surface area contributed by atoms with E-state index in [0.717, 1.165) is 22.5 Å². The number of amides is 2. The number of hydrogen-bond donors (Lipinski definition) is 1. The molecular weight excluding hydrogens is 483 g/mol. The minimum absolute atomic E-state index is 0.101. The van der Waals surface area contributed by atoms with Crippen molar-refractivity contribution in [3.63, 3.8) is 0 Å². The standard InChI is InChI=1S/C27H32Cl2N4O2/c1-7-13-32(26(35)19-11-12-20(28)21(29)14-19)16-25(34)30-24-15-23(27(4,5)6)31-33(24)22-10-8-9-17(2)18(22)3/h8-12,14-15H,7,13,16H2,1-6H3,(H,30,34). The van der Waals surface area contributed by atoms with Gasteiger partial charge in [0, 0.05) is 23.6 Å². The summed E-state index contributed by atoms with van der Waals surface area (Å²) in [5.74, 6) is -0.0233. The van der Waals surface area contributed by atoms with Crippen LogP contribution >= 0.6 is 23.2 Å². The summed E-state index contributed by atoms with van der Waals surface area (Å²) in [6.45, 7) is 12.6. The van der Waals surface area contributed by atoms with E-state index in [1.807, 2.05) is 45.0 Å². The molecule has 0 radical (unpaired) electrons. The Bertz CT molecular complexity index is 1240. The molecule has 0 aliphatic heterocycles. The van der Waals surface area contributed by atoms with E-state index in [4.69, 9.17) is 28.3 Å². The van der Waals surface area contributed by atoms with Crippen LogP contribution < -0.4 is 5.32 Å². The molecule has 0 atom stereocenters. The van der Waals surface area contributed by atoms with E-state index < -0.39 is 0 Å². The van der Waals surface area contributed by atoms with Crippen LogP contribution in [0.4, 0.5) is 5.82 Å². The van der Waals surface area contributed by atoms with Gasteiger partial charge in [-0.05, 0) is 55.7 Å². The molecular formula is C27H32Cl2N4O2. The molecule has 8 heteroatoms. The van der Waals surface area contributed by atoms with Gasteiger partial charge < -0.3 is 10.2 Å². The maximum Gasteiger partial charge on any atom is 0.254 e. The number of nitrogens with one attached hydrogen (secondary N) is 1. The first-order valence-electron chi connectivity index (χ1n) is 11.6. The molecule has 1 N–H and O–H groups in total. The third kappa shape index (κ3) is 6.24. The SMILES string of the molecule is CCCN(CC(=O)Nc1cc(C(C)(C)C)nn1-c1cccc(C)c1C)C(=O)c1ccc(Cl)c(Cl)c1. The van der Waals surface area contributed by atoms with Crippen molar-refractivity contribution < 1.29 is 9.59 Å². The highest BCUT2D eigenvalue weighted by Gasteiger charge is 2.24. The van der Waals surface area contributed by atoms with Gasteiger partial charge in [0.2, 0.25) is 5.91 Å². The van der Waals surface area contributed by atoms with Crippen LogP contribution in [0, 0.1) is 13.8 Å². The molecule has 186 valence electrons. The van der Waals surface area contributed by atoms with E-state index in [-0.39, 0.29) is 23.8 Å². The lowest BCUT2D eigenvalue weighted by Crippen LogP contribution is -2.38. The molecule has 0 aliphatic carbocycles. The third-order valence-electron chi connectivity index (χ3n) is 5.83. The Hall–Kier alpha value is -2.83. The van der Waals surface area contributed by atoms with E-state index in [2.05, 4.69) is 26.1 Å². The molecule has 1 heterocycles. The molecule has 0 bridgehead atoms. The Morgan fingerprint density at radius 1 is 1.06 bits per heavy atom. The largest absolute Gasteiger partial charge is 0.329 e. The van der Waals surface area contributed by atoms with E-state index in [9.17, 15) is 9.59 Å². The molecule has 2 amide bonds. The number of aryl methyl sites for hydroxylation is 1. The third-order valence-corrected chi connectivity index (χ3v) is 6.57. The fourth-order valence-corrected chi connectivity index (χ4v) is 3.97. The minimum atomic E-state index is -0.307. The van der Waals surface area contributed by atoms with Crippen LogP contribution in [0.5, 0.6) is 0 Å². The van der Waals surface area contributed by atoms with Crippen molar-refractivity contribution in [2.45, 2.75) is 53.4 Å². The number of nitrogens with zero attached hydrogens (tertiary/aromatic N) is 3. The number of aromatic nitrogens is 2. The van der Waals surface area contributed by atoms with E-state index >= 15 is 0 Å². The Kier molecular flexibility index (Phi) is 8.29. The van der Waals surface area contributed by atoms with Gasteiger partial charge in [0.25, 0.3) is 5.91 Å². The van der Waals surface area contributed by atoms with E-state index in [1.54, 1.807) is 16.8 Å². The van der Waals surface area contributed by atoms with Crippen molar-refractivity contribution in [1.82, 2.24) is 14.7 Å². The summed E-state index contributed by atoms with van der Waals surface area (Å²) in [4.78, 5) is 27.8. The fourth-order valence-electron chi connectivity index (χ4n) is 3.68. The second-order valence-corrected chi connectivity index (χ2v) is 10.5. The summed E-state index contributed by atoms with van der Waals surface area (Å²) >= 11 is 12.1. The predicted molar refractivity (Wildman–Crippen MR) is 143 cm³/mol. The molecule has 0 unspecified atom stereocenters. The Labute approximate surface area is 217 Å². The molecule has 3 aromatic rings. The molecule has 6 nitrogen and oxygen atoms in total. The van der Waals surface area contributed by atoms with Gasteiger partial charge in [-0.3, -0.25) is 9.59 Å². The number of carbonyl (C=O) groups is 2. The van der Waals surface area contributed by atoms with Gasteiger partial charge in [0.1, 0.15) is 12.4 Å². The van der Waals surface area contributed by atoms with Crippen LogP contribution in [0.3, 0.4) is 0 Å². The number of carbonyl (C=O) groups excluding carboxylic acids is 2. The molecule has 0 spiro atoms. The summed E-state index contributed by atoms with van der Waals surface area (Å²) < 4.78 is 1.77. The van der Waals surface area contributed by atoms with Crippen LogP contribution in [0.1, 0.15) is 61.3 Å². The molecule has 1 aromatic heterocycles. The van der Waals surface area contributed by atoms with Gasteiger partial charge in [0.15, 0.2) is 0 Å². The smallest absolute Gasteiger partial charge is 0.254 e. The van der Waals surface area contributed by atoms with Crippen LogP contribution in [-0.4, -0.2) is 39.6 Å². The van der Waals surface area contributed by atoms with Crippen molar-refractivity contribution in [2.24, 2.45) is 0 Å². The van der Waals surface area contributed by atoms with Crippen LogP contribution in [0.15, 0.2) is 42.5 Å². The minimum Gasteiger partial charge on any atom is -0.329 e. The van der Waals surface area contributed by atoms with Gasteiger partial charge in [-0.1, -0.05) is 63.0 Å². The first-order chi connectivity index (χ1) is 16.4. The topological polar surface area (TPSA) is 67.2 Å². The molecule has 0 saturated carbocycles. The highest BCUT2D eigenvalue weighted by Crippen LogP contribution is 2.28. The quantitative estimate of drug-likeness (QED) is 0.386. The van der Waals surface area contributed by atoms with Crippen molar-refractivity contribution in [3.8, 4) is 5.69 Å². The number of rotatable bonds is 7. The zero-order chi connectivity index (χ0) is 25.9. The average molecular weight is 515 g/mol. The maximum absolute atomic E-state index is 13.2. The van der Waals surface area contributed by atoms with Crippen LogP contribution in [0.2, 0.25) is 10.0 Å².